The van der Waals surface area contributed by atoms with Gasteiger partial charge in [-0.15, -0.1) is 0 Å². The summed E-state index contributed by atoms with van der Waals surface area (Å²) >= 11 is 1.43. The number of anilines is 1. The fourth-order valence-corrected chi connectivity index (χ4v) is 3.42. The Morgan fingerprint density at radius 2 is 2.17 bits per heavy atom. The number of ether oxygens (including phenoxy) is 1. The molecule has 0 spiro atoms. The third kappa shape index (κ3) is 3.56. The maximum Gasteiger partial charge on any atom is 0.254 e. The Morgan fingerprint density at radius 3 is 2.91 bits per heavy atom. The Hall–Kier alpha value is -2.28. The van der Waals surface area contributed by atoms with E-state index in [1.165, 1.54) is 24.0 Å². The number of aromatic nitrogens is 2. The van der Waals surface area contributed by atoms with E-state index in [1.54, 1.807) is 16.7 Å². The third-order valence-electron chi connectivity index (χ3n) is 3.52. The maximum atomic E-state index is 12.4. The summed E-state index contributed by atoms with van der Waals surface area (Å²) < 4.78 is 6.93. The molecule has 120 valence electrons. The molecule has 0 fully saturated rings. The smallest absolute Gasteiger partial charge is 0.254 e. The first-order valence-corrected chi connectivity index (χ1v) is 8.38. The standard InChI is InChI=1S/C16H17N3O3S/c1-2-22-13-5-3-12(4-6-13)18-15(21)11-9-19-14(20)7-8-17-16(19)23-10-11/h3-8,11H,2,9-10H2,1H3,(H,18,21). The number of amides is 1. The highest BCUT2D eigenvalue weighted by molar-refractivity contribution is 7.99. The molecule has 1 aliphatic rings. The number of carbonyl (C=O) groups excluding carboxylic acids is 1. The number of benzene rings is 1. The van der Waals surface area contributed by atoms with Gasteiger partial charge in [0.1, 0.15) is 5.75 Å². The van der Waals surface area contributed by atoms with Crippen molar-refractivity contribution in [3.63, 3.8) is 0 Å². The quantitative estimate of drug-likeness (QED) is 0.868. The van der Waals surface area contributed by atoms with Gasteiger partial charge in [0, 0.05) is 30.2 Å². The predicted octanol–water partition coefficient (Wildman–Crippen LogP) is 2.00. The lowest BCUT2D eigenvalue weighted by Gasteiger charge is -2.23. The average molecular weight is 331 g/mol. The normalized spacial score (nSPS) is 16.5. The average Bonchev–Trinajstić information content (AvgIpc) is 2.57. The Kier molecular flexibility index (Phi) is 4.66. The molecule has 0 aliphatic carbocycles. The lowest BCUT2D eigenvalue weighted by molar-refractivity contribution is -0.119. The van der Waals surface area contributed by atoms with E-state index < -0.39 is 0 Å². The first-order valence-electron chi connectivity index (χ1n) is 7.39. The second-order valence-electron chi connectivity index (χ2n) is 5.13. The van der Waals surface area contributed by atoms with Crippen LogP contribution in [0.1, 0.15) is 6.92 Å². The van der Waals surface area contributed by atoms with Gasteiger partial charge in [0.25, 0.3) is 5.56 Å². The van der Waals surface area contributed by atoms with Gasteiger partial charge < -0.3 is 10.1 Å². The highest BCUT2D eigenvalue weighted by Gasteiger charge is 2.26. The molecule has 1 atom stereocenters. The van der Waals surface area contributed by atoms with Gasteiger partial charge >= 0.3 is 0 Å². The molecule has 0 saturated heterocycles. The van der Waals surface area contributed by atoms with E-state index in [-0.39, 0.29) is 17.4 Å². The molecule has 0 saturated carbocycles. The minimum Gasteiger partial charge on any atom is -0.494 e. The predicted molar refractivity (Wildman–Crippen MR) is 89.0 cm³/mol. The molecule has 1 aliphatic heterocycles. The zero-order valence-electron chi connectivity index (χ0n) is 12.7. The molecule has 1 N–H and O–H groups in total. The van der Waals surface area contributed by atoms with Gasteiger partial charge in [-0.05, 0) is 31.2 Å². The van der Waals surface area contributed by atoms with Gasteiger partial charge in [-0.1, -0.05) is 11.8 Å². The Balaban J connectivity index is 1.67. The van der Waals surface area contributed by atoms with E-state index >= 15 is 0 Å². The van der Waals surface area contributed by atoms with Crippen molar-refractivity contribution in [2.45, 2.75) is 18.6 Å². The van der Waals surface area contributed by atoms with Crippen LogP contribution < -0.4 is 15.6 Å². The molecule has 0 bridgehead atoms. The zero-order valence-corrected chi connectivity index (χ0v) is 13.5. The molecule has 0 radical (unpaired) electrons. The van der Waals surface area contributed by atoms with E-state index in [9.17, 15) is 9.59 Å². The van der Waals surface area contributed by atoms with Gasteiger partial charge in [-0.2, -0.15) is 0 Å². The van der Waals surface area contributed by atoms with Crippen LogP contribution in [0.3, 0.4) is 0 Å². The third-order valence-corrected chi connectivity index (χ3v) is 4.67. The van der Waals surface area contributed by atoms with Gasteiger partial charge in [-0.25, -0.2) is 4.98 Å². The van der Waals surface area contributed by atoms with Gasteiger partial charge in [0.15, 0.2) is 5.16 Å². The highest BCUT2D eigenvalue weighted by atomic mass is 32.2. The van der Waals surface area contributed by atoms with Gasteiger partial charge in [0.2, 0.25) is 5.91 Å². The van der Waals surface area contributed by atoms with Crippen LogP contribution in [0.5, 0.6) is 5.75 Å². The topological polar surface area (TPSA) is 73.2 Å². The van der Waals surface area contributed by atoms with Gasteiger partial charge in [-0.3, -0.25) is 14.2 Å². The van der Waals surface area contributed by atoms with Crippen LogP contribution in [-0.4, -0.2) is 27.8 Å². The number of rotatable bonds is 4. The summed E-state index contributed by atoms with van der Waals surface area (Å²) in [6, 6.07) is 8.66. The molecule has 1 unspecified atom stereocenters. The highest BCUT2D eigenvalue weighted by Crippen LogP contribution is 2.25. The van der Waals surface area contributed by atoms with Crippen LogP contribution in [0.15, 0.2) is 46.5 Å². The summed E-state index contributed by atoms with van der Waals surface area (Å²) in [5, 5.41) is 3.56. The minimum atomic E-state index is -0.263. The van der Waals surface area contributed by atoms with E-state index in [4.69, 9.17) is 4.74 Å². The molecular formula is C16H17N3O3S. The number of hydrogen-bond donors (Lipinski definition) is 1. The summed E-state index contributed by atoms with van der Waals surface area (Å²) in [7, 11) is 0. The van der Waals surface area contributed by atoms with E-state index in [0.29, 0.717) is 29.7 Å². The largest absolute Gasteiger partial charge is 0.494 e. The van der Waals surface area contributed by atoms with E-state index in [0.717, 1.165) is 5.75 Å². The maximum absolute atomic E-state index is 12.4. The lowest BCUT2D eigenvalue weighted by atomic mass is 10.1. The van der Waals surface area contributed by atoms with Crippen molar-refractivity contribution in [2.75, 3.05) is 17.7 Å². The van der Waals surface area contributed by atoms with Crippen LogP contribution in [-0.2, 0) is 11.3 Å². The van der Waals surface area contributed by atoms with Crippen LogP contribution in [0.25, 0.3) is 0 Å². The van der Waals surface area contributed by atoms with E-state index in [2.05, 4.69) is 10.3 Å². The van der Waals surface area contributed by atoms with Crippen molar-refractivity contribution in [3.05, 3.63) is 46.9 Å². The fourth-order valence-electron chi connectivity index (χ4n) is 2.35. The van der Waals surface area contributed by atoms with Crippen LogP contribution in [0, 0.1) is 5.92 Å². The number of nitrogens with one attached hydrogen (secondary N) is 1. The summed E-state index contributed by atoms with van der Waals surface area (Å²) in [4.78, 5) is 28.4. The number of fused-ring (bicyclic) bond motifs is 1. The van der Waals surface area contributed by atoms with E-state index in [1.807, 2.05) is 19.1 Å². The molecule has 1 aromatic heterocycles. The minimum absolute atomic E-state index is 0.0944. The molecule has 1 amide bonds. The summed E-state index contributed by atoms with van der Waals surface area (Å²) in [6.07, 6.45) is 1.50. The Morgan fingerprint density at radius 1 is 1.39 bits per heavy atom. The number of thioether (sulfide) groups is 1. The van der Waals surface area contributed by atoms with Crippen molar-refractivity contribution in [3.8, 4) is 5.75 Å². The van der Waals surface area contributed by atoms with Crippen molar-refractivity contribution < 1.29 is 9.53 Å². The number of carbonyl (C=O) groups is 1. The van der Waals surface area contributed by atoms with Crippen LogP contribution >= 0.6 is 11.8 Å². The Bertz CT molecular complexity index is 758. The SMILES string of the molecule is CCOc1ccc(NC(=O)C2CSc3nccc(=O)n3C2)cc1. The van der Waals surface area contributed by atoms with Crippen LogP contribution in [0.4, 0.5) is 5.69 Å². The first-order chi connectivity index (χ1) is 11.2. The van der Waals surface area contributed by atoms with Gasteiger partial charge in [0.05, 0.1) is 12.5 Å². The first kappa shape index (κ1) is 15.6. The summed E-state index contributed by atoms with van der Waals surface area (Å²) in [5.74, 6) is 1.02. The summed E-state index contributed by atoms with van der Waals surface area (Å²) in [5.41, 5.74) is 0.592. The summed E-state index contributed by atoms with van der Waals surface area (Å²) in [6.45, 7) is 2.89. The fraction of sp³-hybridized carbons (Fsp3) is 0.312. The molecular weight excluding hydrogens is 314 g/mol. The van der Waals surface area contributed by atoms with Crippen molar-refractivity contribution in [2.24, 2.45) is 5.92 Å². The molecule has 2 heterocycles. The monoisotopic (exact) mass is 331 g/mol. The molecule has 2 aromatic rings. The van der Waals surface area contributed by atoms with Crippen LogP contribution in [0.2, 0.25) is 0 Å². The molecule has 23 heavy (non-hydrogen) atoms. The lowest BCUT2D eigenvalue weighted by Crippen LogP contribution is -2.36. The van der Waals surface area contributed by atoms with Crippen molar-refractivity contribution >= 4 is 23.4 Å². The van der Waals surface area contributed by atoms with Crippen molar-refractivity contribution in [1.82, 2.24) is 9.55 Å². The second-order valence-corrected chi connectivity index (χ2v) is 6.12. The van der Waals surface area contributed by atoms with Crippen molar-refractivity contribution in [1.29, 1.82) is 0 Å². The molecule has 7 heteroatoms. The molecule has 1 aromatic carbocycles. The number of hydrogen-bond acceptors (Lipinski definition) is 5. The zero-order chi connectivity index (χ0) is 16.2. The number of nitrogens with zero attached hydrogens (tertiary/aromatic N) is 2. The second kappa shape index (κ2) is 6.87. The molecule has 6 nitrogen and oxygen atoms in total. The Labute approximate surface area is 137 Å². The molecule has 3 rings (SSSR count).